The molecule has 1 aliphatic heterocycles. The van der Waals surface area contributed by atoms with E-state index in [-0.39, 0.29) is 11.3 Å². The van der Waals surface area contributed by atoms with Crippen LogP contribution < -0.4 is 0 Å². The summed E-state index contributed by atoms with van der Waals surface area (Å²) in [5, 5.41) is 0. The summed E-state index contributed by atoms with van der Waals surface area (Å²) in [6.07, 6.45) is -0.395. The third-order valence-corrected chi connectivity index (χ3v) is 4.56. The van der Waals surface area contributed by atoms with Crippen LogP contribution in [0.2, 0.25) is 0 Å². The summed E-state index contributed by atoms with van der Waals surface area (Å²) >= 11 is 0. The Hall–Kier alpha value is -0.180. The van der Waals surface area contributed by atoms with Crippen molar-refractivity contribution in [2.45, 2.75) is 59.0 Å². The molecule has 0 aromatic rings. The highest BCUT2D eigenvalue weighted by Gasteiger charge is 2.66. The van der Waals surface area contributed by atoms with Gasteiger partial charge in [-0.05, 0) is 44.6 Å². The summed E-state index contributed by atoms with van der Waals surface area (Å²) in [5.74, 6) is 0.150. The molecule has 2 rings (SSSR count). The van der Waals surface area contributed by atoms with Crippen molar-refractivity contribution in [2.75, 3.05) is 6.54 Å². The van der Waals surface area contributed by atoms with Gasteiger partial charge in [0.05, 0.1) is 0 Å². The van der Waals surface area contributed by atoms with Crippen LogP contribution in [-0.4, -0.2) is 30.0 Å². The van der Waals surface area contributed by atoms with E-state index in [1.807, 2.05) is 0 Å². The lowest BCUT2D eigenvalue weighted by atomic mass is 9.86. The van der Waals surface area contributed by atoms with Gasteiger partial charge in [-0.2, -0.15) is 0 Å². The minimum absolute atomic E-state index is 0.0490. The molecule has 1 nitrogen and oxygen atoms in total. The van der Waals surface area contributed by atoms with Crippen molar-refractivity contribution < 1.29 is 8.78 Å². The van der Waals surface area contributed by atoms with E-state index in [2.05, 4.69) is 32.6 Å². The Labute approximate surface area is 97.2 Å². The molecule has 1 saturated carbocycles. The van der Waals surface area contributed by atoms with Crippen LogP contribution in [0.3, 0.4) is 0 Å². The molecule has 1 heterocycles. The Morgan fingerprint density at radius 1 is 1.19 bits per heavy atom. The third kappa shape index (κ3) is 1.68. The van der Waals surface area contributed by atoms with Gasteiger partial charge in [-0.25, -0.2) is 8.78 Å². The molecule has 0 bridgehead atoms. The highest BCUT2D eigenvalue weighted by atomic mass is 19.3. The van der Waals surface area contributed by atoms with E-state index in [0.29, 0.717) is 18.0 Å². The van der Waals surface area contributed by atoms with Crippen LogP contribution in [0.25, 0.3) is 0 Å². The molecule has 3 atom stereocenters. The third-order valence-electron chi connectivity index (χ3n) is 4.56. The number of halogens is 2. The smallest absolute Gasteiger partial charge is 0.242 e. The molecule has 94 valence electrons. The van der Waals surface area contributed by atoms with Gasteiger partial charge in [-0.1, -0.05) is 13.8 Å². The number of nitrogens with zero attached hydrogens (tertiary/aromatic N) is 1. The number of likely N-dealkylation sites (tertiary alicyclic amines) is 1. The Morgan fingerprint density at radius 3 is 2.19 bits per heavy atom. The average molecular weight is 231 g/mol. The van der Waals surface area contributed by atoms with Gasteiger partial charge in [-0.15, -0.1) is 0 Å². The molecular formula is C13H23F2N. The van der Waals surface area contributed by atoms with Crippen LogP contribution in [0, 0.1) is 17.3 Å². The van der Waals surface area contributed by atoms with E-state index in [0.717, 1.165) is 19.4 Å². The second kappa shape index (κ2) is 3.94. The van der Waals surface area contributed by atoms with Crippen molar-refractivity contribution in [3.05, 3.63) is 0 Å². The number of alkyl halides is 2. The maximum atomic E-state index is 12.9. The predicted molar refractivity (Wildman–Crippen MR) is 61.6 cm³/mol. The van der Waals surface area contributed by atoms with Gasteiger partial charge in [0.2, 0.25) is 6.43 Å². The normalized spacial score (nSPS) is 39.6. The predicted octanol–water partition coefficient (Wildman–Crippen LogP) is 3.40. The van der Waals surface area contributed by atoms with Gasteiger partial charge in [0.15, 0.2) is 0 Å². The summed E-state index contributed by atoms with van der Waals surface area (Å²) in [5.41, 5.74) is -0.0490. The standard InChI is InChI=1S/C13H23F2N/c1-8(2)11-13(7-10(13)12(14)15)5-6-16(11)9(3)4/h8-12H,5-7H2,1-4H3. The van der Waals surface area contributed by atoms with Crippen molar-refractivity contribution in [1.29, 1.82) is 0 Å². The number of hydrogen-bond acceptors (Lipinski definition) is 1. The molecule has 16 heavy (non-hydrogen) atoms. The molecule has 3 heteroatoms. The Balaban J connectivity index is 2.17. The van der Waals surface area contributed by atoms with Crippen LogP contribution in [0.5, 0.6) is 0 Å². The maximum Gasteiger partial charge on any atom is 0.242 e. The van der Waals surface area contributed by atoms with Gasteiger partial charge in [0.1, 0.15) is 0 Å². The summed E-state index contributed by atoms with van der Waals surface area (Å²) in [6, 6.07) is 0.845. The Morgan fingerprint density at radius 2 is 1.81 bits per heavy atom. The van der Waals surface area contributed by atoms with E-state index in [4.69, 9.17) is 0 Å². The highest BCUT2D eigenvalue weighted by Crippen LogP contribution is 2.65. The molecule has 2 aliphatic rings. The second-order valence-electron chi connectivity index (χ2n) is 6.15. The van der Waals surface area contributed by atoms with Gasteiger partial charge in [0.25, 0.3) is 0 Å². The SMILES string of the molecule is CC(C)C1N(C(C)C)CCC12CC2C(F)F. The molecule has 0 N–H and O–H groups in total. The fourth-order valence-corrected chi connectivity index (χ4v) is 3.90. The maximum absolute atomic E-state index is 12.9. The lowest BCUT2D eigenvalue weighted by molar-refractivity contribution is 0.0744. The zero-order valence-corrected chi connectivity index (χ0v) is 10.7. The van der Waals surface area contributed by atoms with Gasteiger partial charge in [0, 0.05) is 18.0 Å². The van der Waals surface area contributed by atoms with Crippen molar-refractivity contribution in [1.82, 2.24) is 4.90 Å². The lowest BCUT2D eigenvalue weighted by Crippen LogP contribution is -2.42. The van der Waals surface area contributed by atoms with Crippen molar-refractivity contribution in [3.8, 4) is 0 Å². The van der Waals surface area contributed by atoms with Crippen LogP contribution in [0.15, 0.2) is 0 Å². The van der Waals surface area contributed by atoms with Crippen LogP contribution in [0.4, 0.5) is 8.78 Å². The van der Waals surface area contributed by atoms with E-state index in [1.54, 1.807) is 0 Å². The zero-order valence-electron chi connectivity index (χ0n) is 10.7. The van der Waals surface area contributed by atoms with Crippen molar-refractivity contribution in [3.63, 3.8) is 0 Å². The lowest BCUT2D eigenvalue weighted by Gasteiger charge is -2.35. The van der Waals surface area contributed by atoms with E-state index in [1.165, 1.54) is 0 Å². The molecule has 2 fully saturated rings. The molecular weight excluding hydrogens is 208 g/mol. The van der Waals surface area contributed by atoms with Crippen molar-refractivity contribution in [2.24, 2.45) is 17.3 Å². The molecule has 3 unspecified atom stereocenters. The minimum Gasteiger partial charge on any atom is -0.297 e. The first kappa shape index (κ1) is 12.3. The van der Waals surface area contributed by atoms with E-state index in [9.17, 15) is 8.78 Å². The molecule has 1 aliphatic carbocycles. The monoisotopic (exact) mass is 231 g/mol. The summed E-state index contributed by atoms with van der Waals surface area (Å²) in [6.45, 7) is 9.70. The largest absolute Gasteiger partial charge is 0.297 e. The number of rotatable bonds is 3. The molecule has 1 spiro atoms. The average Bonchev–Trinajstić information content (AvgIpc) is 2.70. The highest BCUT2D eigenvalue weighted by molar-refractivity contribution is 5.15. The molecule has 0 radical (unpaired) electrons. The molecule has 0 amide bonds. The van der Waals surface area contributed by atoms with Gasteiger partial charge < -0.3 is 0 Å². The fraction of sp³-hybridized carbons (Fsp3) is 1.00. The van der Waals surface area contributed by atoms with Gasteiger partial charge >= 0.3 is 0 Å². The summed E-state index contributed by atoms with van der Waals surface area (Å²) in [7, 11) is 0. The fourth-order valence-electron chi connectivity index (χ4n) is 3.90. The van der Waals surface area contributed by atoms with Crippen LogP contribution >= 0.6 is 0 Å². The first-order chi connectivity index (χ1) is 7.40. The second-order valence-corrected chi connectivity index (χ2v) is 6.15. The first-order valence-corrected chi connectivity index (χ1v) is 6.44. The van der Waals surface area contributed by atoms with Crippen LogP contribution in [0.1, 0.15) is 40.5 Å². The zero-order chi connectivity index (χ0) is 12.1. The minimum atomic E-state index is -2.12. The molecule has 1 saturated heterocycles. The Bertz CT molecular complexity index is 265. The van der Waals surface area contributed by atoms with E-state index < -0.39 is 6.43 Å². The topological polar surface area (TPSA) is 3.24 Å². The Kier molecular flexibility index (Phi) is 3.02. The van der Waals surface area contributed by atoms with Crippen LogP contribution in [-0.2, 0) is 0 Å². The van der Waals surface area contributed by atoms with E-state index >= 15 is 0 Å². The van der Waals surface area contributed by atoms with Crippen molar-refractivity contribution >= 4 is 0 Å². The quantitative estimate of drug-likeness (QED) is 0.719. The number of hydrogen-bond donors (Lipinski definition) is 0. The first-order valence-electron chi connectivity index (χ1n) is 6.44. The van der Waals surface area contributed by atoms with Gasteiger partial charge in [-0.3, -0.25) is 4.90 Å². The summed E-state index contributed by atoms with van der Waals surface area (Å²) in [4.78, 5) is 2.44. The molecule has 0 aromatic carbocycles. The molecule has 0 aromatic heterocycles. The summed E-state index contributed by atoms with van der Waals surface area (Å²) < 4.78 is 25.7.